The molecule has 0 heterocycles. The minimum Gasteiger partial charge on any atom is -0.497 e. The summed E-state index contributed by atoms with van der Waals surface area (Å²) in [7, 11) is 1.67. The number of carbonyl (C=O) groups excluding carboxylic acids is 1. The zero-order chi connectivity index (χ0) is 14.7. The Morgan fingerprint density at radius 3 is 2.00 bits per heavy atom. The maximum Gasteiger partial charge on any atom is 0.134 e. The molecule has 1 aliphatic carbocycles. The molecule has 0 aromatic heterocycles. The van der Waals surface area contributed by atoms with Crippen LogP contribution in [0.5, 0.6) is 5.75 Å². The molecule has 108 valence electrons. The molecule has 2 nitrogen and oxygen atoms in total. The van der Waals surface area contributed by atoms with Crippen molar-refractivity contribution in [1.29, 1.82) is 0 Å². The van der Waals surface area contributed by atoms with E-state index in [-0.39, 0.29) is 0 Å². The molecule has 0 radical (unpaired) electrons. The van der Waals surface area contributed by atoms with E-state index in [2.05, 4.69) is 36.4 Å². The molecule has 0 amide bonds. The summed E-state index contributed by atoms with van der Waals surface area (Å²) in [5.74, 6) is 1.90. The topological polar surface area (TPSA) is 26.3 Å². The first-order chi connectivity index (χ1) is 10.3. The Hall–Kier alpha value is -2.09. The van der Waals surface area contributed by atoms with Crippen molar-refractivity contribution >= 4 is 5.78 Å². The van der Waals surface area contributed by atoms with Crippen molar-refractivity contribution in [3.8, 4) is 5.75 Å². The summed E-state index contributed by atoms with van der Waals surface area (Å²) in [6.07, 6.45) is 2.38. The summed E-state index contributed by atoms with van der Waals surface area (Å²) in [6.45, 7) is 0. The zero-order valence-corrected chi connectivity index (χ0v) is 12.3. The molecule has 1 aliphatic rings. The van der Waals surface area contributed by atoms with Gasteiger partial charge in [0.2, 0.25) is 0 Å². The Labute approximate surface area is 125 Å². The second-order valence-corrected chi connectivity index (χ2v) is 5.76. The van der Waals surface area contributed by atoms with Gasteiger partial charge >= 0.3 is 0 Å². The van der Waals surface area contributed by atoms with Crippen LogP contribution in [0.3, 0.4) is 0 Å². The van der Waals surface area contributed by atoms with Gasteiger partial charge in [0.15, 0.2) is 0 Å². The molecule has 0 spiro atoms. The molecule has 2 unspecified atom stereocenters. The van der Waals surface area contributed by atoms with Crippen molar-refractivity contribution in [2.24, 2.45) is 0 Å². The van der Waals surface area contributed by atoms with E-state index in [0.717, 1.165) is 12.2 Å². The van der Waals surface area contributed by atoms with Gasteiger partial charge in [-0.05, 0) is 41.5 Å². The summed E-state index contributed by atoms with van der Waals surface area (Å²) >= 11 is 0. The average molecular weight is 280 g/mol. The van der Waals surface area contributed by atoms with E-state index in [9.17, 15) is 4.79 Å². The van der Waals surface area contributed by atoms with Crippen LogP contribution in [0.25, 0.3) is 0 Å². The lowest BCUT2D eigenvalue weighted by molar-refractivity contribution is -0.121. The van der Waals surface area contributed by atoms with E-state index in [1.165, 1.54) is 11.1 Å². The lowest BCUT2D eigenvalue weighted by Crippen LogP contribution is -2.20. The normalized spacial score (nSPS) is 22.0. The van der Waals surface area contributed by atoms with Crippen molar-refractivity contribution in [2.75, 3.05) is 7.11 Å². The van der Waals surface area contributed by atoms with E-state index in [1.54, 1.807) is 7.11 Å². The van der Waals surface area contributed by atoms with E-state index < -0.39 is 0 Å². The quantitative estimate of drug-likeness (QED) is 0.837. The van der Waals surface area contributed by atoms with Crippen LogP contribution in [0.15, 0.2) is 54.6 Å². The number of carbonyl (C=O) groups is 1. The van der Waals surface area contributed by atoms with Crippen LogP contribution in [0.1, 0.15) is 42.2 Å². The van der Waals surface area contributed by atoms with Gasteiger partial charge in [0.1, 0.15) is 11.5 Å². The number of Topliss-reactive ketones (excluding diaryl/α,β-unsaturated/α-hetero) is 1. The summed E-state index contributed by atoms with van der Waals surface area (Å²) in [5.41, 5.74) is 2.52. The Morgan fingerprint density at radius 1 is 0.857 bits per heavy atom. The van der Waals surface area contributed by atoms with Crippen molar-refractivity contribution in [1.82, 2.24) is 0 Å². The van der Waals surface area contributed by atoms with E-state index >= 15 is 0 Å². The molecule has 1 saturated carbocycles. The van der Waals surface area contributed by atoms with Gasteiger partial charge < -0.3 is 4.74 Å². The predicted molar refractivity (Wildman–Crippen MR) is 83.8 cm³/mol. The van der Waals surface area contributed by atoms with Crippen molar-refractivity contribution < 1.29 is 9.53 Å². The van der Waals surface area contributed by atoms with Crippen LogP contribution in [-0.4, -0.2) is 12.9 Å². The molecule has 0 bridgehead atoms. The number of hydrogen-bond donors (Lipinski definition) is 0. The molecule has 0 saturated heterocycles. The van der Waals surface area contributed by atoms with Gasteiger partial charge in [0.05, 0.1) is 7.11 Å². The SMILES string of the molecule is COc1ccc(C2CC(=O)CC(c3ccccc3)C2)cc1. The number of ketones is 1. The summed E-state index contributed by atoms with van der Waals surface area (Å²) in [5, 5.41) is 0. The van der Waals surface area contributed by atoms with Gasteiger partial charge in [-0.3, -0.25) is 4.79 Å². The van der Waals surface area contributed by atoms with Gasteiger partial charge in [-0.2, -0.15) is 0 Å². The van der Waals surface area contributed by atoms with Gasteiger partial charge in [-0.25, -0.2) is 0 Å². The highest BCUT2D eigenvalue weighted by molar-refractivity contribution is 5.81. The Balaban J connectivity index is 1.81. The maximum atomic E-state index is 12.1. The smallest absolute Gasteiger partial charge is 0.134 e. The molecular formula is C19H20O2. The third-order valence-electron chi connectivity index (χ3n) is 4.38. The number of rotatable bonds is 3. The average Bonchev–Trinajstić information content (AvgIpc) is 2.55. The van der Waals surface area contributed by atoms with Gasteiger partial charge in [0, 0.05) is 12.8 Å². The Morgan fingerprint density at radius 2 is 1.43 bits per heavy atom. The summed E-state index contributed by atoms with van der Waals surface area (Å²) < 4.78 is 5.20. The van der Waals surface area contributed by atoms with Gasteiger partial charge in [-0.15, -0.1) is 0 Å². The monoisotopic (exact) mass is 280 g/mol. The van der Waals surface area contributed by atoms with Crippen molar-refractivity contribution in [3.63, 3.8) is 0 Å². The maximum absolute atomic E-state index is 12.1. The Kier molecular flexibility index (Phi) is 4.05. The third-order valence-corrected chi connectivity index (χ3v) is 4.38. The van der Waals surface area contributed by atoms with Crippen molar-refractivity contribution in [2.45, 2.75) is 31.1 Å². The first-order valence-electron chi connectivity index (χ1n) is 7.47. The second-order valence-electron chi connectivity index (χ2n) is 5.76. The second kappa shape index (κ2) is 6.13. The van der Waals surface area contributed by atoms with Crippen molar-refractivity contribution in [3.05, 3.63) is 65.7 Å². The zero-order valence-electron chi connectivity index (χ0n) is 12.3. The molecule has 2 heteroatoms. The van der Waals surface area contributed by atoms with Crippen LogP contribution >= 0.6 is 0 Å². The third kappa shape index (κ3) is 3.15. The lowest BCUT2D eigenvalue weighted by atomic mass is 9.75. The fourth-order valence-corrected chi connectivity index (χ4v) is 3.25. The van der Waals surface area contributed by atoms with Crippen LogP contribution < -0.4 is 4.74 Å². The summed E-state index contributed by atoms with van der Waals surface area (Å²) in [4.78, 5) is 12.1. The fraction of sp³-hybridized carbons (Fsp3) is 0.316. The first-order valence-corrected chi connectivity index (χ1v) is 7.47. The minimum absolute atomic E-state index is 0.322. The van der Waals surface area contributed by atoms with E-state index in [4.69, 9.17) is 4.74 Å². The summed E-state index contributed by atoms with van der Waals surface area (Å²) in [6, 6.07) is 18.5. The highest BCUT2D eigenvalue weighted by atomic mass is 16.5. The molecule has 0 N–H and O–H groups in total. The van der Waals surface area contributed by atoms with Crippen LogP contribution in [0.4, 0.5) is 0 Å². The fourth-order valence-electron chi connectivity index (χ4n) is 3.25. The van der Waals surface area contributed by atoms with Gasteiger partial charge in [0.25, 0.3) is 0 Å². The first kappa shape index (κ1) is 13.9. The molecule has 3 rings (SSSR count). The molecule has 2 atom stereocenters. The molecule has 0 aliphatic heterocycles. The molecule has 21 heavy (non-hydrogen) atoms. The van der Waals surface area contributed by atoms with E-state index in [1.807, 2.05) is 18.2 Å². The molecular weight excluding hydrogens is 260 g/mol. The molecule has 2 aromatic carbocycles. The number of ether oxygens (including phenoxy) is 1. The Bertz CT molecular complexity index is 601. The van der Waals surface area contributed by atoms with Crippen LogP contribution in [0, 0.1) is 0 Å². The number of benzene rings is 2. The van der Waals surface area contributed by atoms with Crippen LogP contribution in [0.2, 0.25) is 0 Å². The highest BCUT2D eigenvalue weighted by Gasteiger charge is 2.29. The standard InChI is InChI=1S/C19H20O2/c1-21-19-9-7-15(8-10-19)17-11-16(12-18(20)13-17)14-5-3-2-4-6-14/h2-10,16-17H,11-13H2,1H3. The van der Waals surface area contributed by atoms with Gasteiger partial charge in [-0.1, -0.05) is 42.5 Å². The van der Waals surface area contributed by atoms with Crippen LogP contribution in [-0.2, 0) is 4.79 Å². The number of hydrogen-bond acceptors (Lipinski definition) is 2. The predicted octanol–water partition coefficient (Wildman–Crippen LogP) is 4.32. The highest BCUT2D eigenvalue weighted by Crippen LogP contribution is 2.39. The molecule has 2 aromatic rings. The minimum atomic E-state index is 0.322. The number of methoxy groups -OCH3 is 1. The largest absolute Gasteiger partial charge is 0.497 e. The van der Waals surface area contributed by atoms with E-state index in [0.29, 0.717) is 30.5 Å². The molecule has 1 fully saturated rings. The lowest BCUT2D eigenvalue weighted by Gasteiger charge is -2.29.